The third-order valence-corrected chi connectivity index (χ3v) is 2.97. The summed E-state index contributed by atoms with van der Waals surface area (Å²) in [6.45, 7) is 12.3. The highest BCUT2D eigenvalue weighted by Crippen LogP contribution is 2.28. The lowest BCUT2D eigenvalue weighted by atomic mass is 9.82. The van der Waals surface area contributed by atoms with Crippen molar-refractivity contribution in [3.05, 3.63) is 38.0 Å². The van der Waals surface area contributed by atoms with Gasteiger partial charge < -0.3 is 19.3 Å². The van der Waals surface area contributed by atoms with Gasteiger partial charge in [0, 0.05) is 6.42 Å². The molecule has 0 aromatic rings. The molecule has 0 spiro atoms. The van der Waals surface area contributed by atoms with Crippen LogP contribution < -0.4 is 0 Å². The molecule has 0 aromatic heterocycles. The van der Waals surface area contributed by atoms with E-state index < -0.39 is 5.41 Å². The molecular weight excluding hydrogens is 268 g/mol. The van der Waals surface area contributed by atoms with E-state index >= 15 is 0 Å². The predicted octanol–water partition coefficient (Wildman–Crippen LogP) is 1.96. The van der Waals surface area contributed by atoms with Gasteiger partial charge in [0.05, 0.1) is 51.2 Å². The fraction of sp³-hybridized carbons (Fsp3) is 0.529. The van der Waals surface area contributed by atoms with Crippen molar-refractivity contribution in [1.29, 1.82) is 0 Å². The highest BCUT2D eigenvalue weighted by Gasteiger charge is 2.39. The third kappa shape index (κ3) is 7.26. The van der Waals surface area contributed by atoms with Crippen molar-refractivity contribution in [2.75, 3.05) is 39.6 Å². The molecule has 4 nitrogen and oxygen atoms in total. The van der Waals surface area contributed by atoms with Crippen LogP contribution in [-0.2, 0) is 14.2 Å². The van der Waals surface area contributed by atoms with Crippen LogP contribution in [0.1, 0.15) is 6.42 Å². The second kappa shape index (κ2) is 12.4. The van der Waals surface area contributed by atoms with Gasteiger partial charge in [-0.3, -0.25) is 0 Å². The van der Waals surface area contributed by atoms with Crippen molar-refractivity contribution in [3.8, 4) is 12.3 Å². The lowest BCUT2D eigenvalue weighted by Gasteiger charge is -2.37. The molecule has 1 atom stereocenters. The van der Waals surface area contributed by atoms with E-state index in [2.05, 4.69) is 25.7 Å². The second-order valence-electron chi connectivity index (χ2n) is 4.65. The van der Waals surface area contributed by atoms with Crippen LogP contribution in [0.15, 0.2) is 38.0 Å². The van der Waals surface area contributed by atoms with E-state index in [-0.39, 0.29) is 25.9 Å². The summed E-state index contributed by atoms with van der Waals surface area (Å²) in [5.41, 5.74) is -0.735. The SMILES string of the molecule is C#CCC(OCC=C)C(CO)(COCC=C)COCC=C. The van der Waals surface area contributed by atoms with Gasteiger partial charge in [0.25, 0.3) is 0 Å². The van der Waals surface area contributed by atoms with Crippen molar-refractivity contribution in [2.45, 2.75) is 12.5 Å². The molecule has 0 bridgehead atoms. The molecule has 0 heterocycles. The number of aliphatic hydroxyl groups excluding tert-OH is 1. The zero-order valence-electron chi connectivity index (χ0n) is 12.6. The van der Waals surface area contributed by atoms with Gasteiger partial charge in [-0.2, -0.15) is 0 Å². The summed E-state index contributed by atoms with van der Waals surface area (Å²) in [5.74, 6) is 2.58. The summed E-state index contributed by atoms with van der Waals surface area (Å²) in [5, 5.41) is 9.89. The Kier molecular flexibility index (Phi) is 11.6. The number of terminal acetylenes is 1. The molecule has 21 heavy (non-hydrogen) atoms. The molecule has 0 amide bonds. The fourth-order valence-corrected chi connectivity index (χ4v) is 1.86. The van der Waals surface area contributed by atoms with E-state index in [9.17, 15) is 5.11 Å². The lowest BCUT2D eigenvalue weighted by Crippen LogP contribution is -2.48. The average Bonchev–Trinajstić information content (AvgIpc) is 2.50. The molecular formula is C17H26O4. The zero-order valence-corrected chi connectivity index (χ0v) is 12.6. The molecule has 0 aliphatic rings. The Balaban J connectivity index is 5.04. The van der Waals surface area contributed by atoms with Gasteiger partial charge in [-0.15, -0.1) is 32.1 Å². The molecule has 0 saturated heterocycles. The summed E-state index contributed by atoms with van der Waals surface area (Å²) in [6.07, 6.45) is 10.3. The van der Waals surface area contributed by atoms with Gasteiger partial charge in [0.15, 0.2) is 0 Å². The van der Waals surface area contributed by atoms with Gasteiger partial charge in [-0.05, 0) is 0 Å². The molecule has 0 aliphatic heterocycles. The average molecular weight is 294 g/mol. The standard InChI is InChI=1S/C17H26O4/c1-5-9-16(21-12-8-4)17(13-18,14-19-10-6-2)15-20-11-7-3/h1,6-8,16,18H,2-4,9-15H2. The minimum Gasteiger partial charge on any atom is -0.396 e. The minimum absolute atomic E-state index is 0.162. The molecule has 0 radical (unpaired) electrons. The normalized spacial score (nSPS) is 12.4. The maximum absolute atomic E-state index is 9.89. The van der Waals surface area contributed by atoms with E-state index in [0.29, 0.717) is 26.2 Å². The van der Waals surface area contributed by atoms with Crippen molar-refractivity contribution in [1.82, 2.24) is 0 Å². The maximum Gasteiger partial charge on any atom is 0.0811 e. The smallest absolute Gasteiger partial charge is 0.0811 e. The molecule has 0 aromatic carbocycles. The predicted molar refractivity (Wildman–Crippen MR) is 84.9 cm³/mol. The van der Waals surface area contributed by atoms with Crippen LogP contribution in [0.5, 0.6) is 0 Å². The Hall–Kier alpha value is -1.38. The van der Waals surface area contributed by atoms with Crippen molar-refractivity contribution >= 4 is 0 Å². The van der Waals surface area contributed by atoms with Gasteiger partial charge in [-0.1, -0.05) is 18.2 Å². The van der Waals surface area contributed by atoms with Crippen LogP contribution in [0.25, 0.3) is 0 Å². The molecule has 0 fully saturated rings. The molecule has 1 N–H and O–H groups in total. The first-order chi connectivity index (χ1) is 10.2. The van der Waals surface area contributed by atoms with Crippen LogP contribution in [-0.4, -0.2) is 50.9 Å². The Bertz CT molecular complexity index is 329. The van der Waals surface area contributed by atoms with Crippen LogP contribution in [0, 0.1) is 17.8 Å². The minimum atomic E-state index is -0.735. The lowest BCUT2D eigenvalue weighted by molar-refractivity contribution is -0.126. The van der Waals surface area contributed by atoms with Crippen LogP contribution >= 0.6 is 0 Å². The number of ether oxygens (including phenoxy) is 3. The number of aliphatic hydroxyl groups is 1. The largest absolute Gasteiger partial charge is 0.396 e. The highest BCUT2D eigenvalue weighted by molar-refractivity contribution is 4.97. The van der Waals surface area contributed by atoms with Gasteiger partial charge in [0.1, 0.15) is 0 Å². The number of hydrogen-bond donors (Lipinski definition) is 1. The molecule has 0 aliphatic carbocycles. The summed E-state index contributed by atoms with van der Waals surface area (Å²) < 4.78 is 16.8. The summed E-state index contributed by atoms with van der Waals surface area (Å²) in [7, 11) is 0. The van der Waals surface area contributed by atoms with Crippen LogP contribution in [0.2, 0.25) is 0 Å². The number of rotatable bonds is 14. The molecule has 118 valence electrons. The summed E-state index contributed by atoms with van der Waals surface area (Å²) >= 11 is 0. The van der Waals surface area contributed by atoms with Crippen LogP contribution in [0.4, 0.5) is 0 Å². The Morgan fingerprint density at radius 1 is 1.05 bits per heavy atom. The molecule has 1 unspecified atom stereocenters. The Labute approximate surface area is 128 Å². The Morgan fingerprint density at radius 3 is 1.95 bits per heavy atom. The zero-order chi connectivity index (χ0) is 16.0. The molecule has 4 heteroatoms. The quantitative estimate of drug-likeness (QED) is 0.302. The fourth-order valence-electron chi connectivity index (χ4n) is 1.86. The van der Waals surface area contributed by atoms with E-state index in [4.69, 9.17) is 20.6 Å². The van der Waals surface area contributed by atoms with Crippen molar-refractivity contribution in [3.63, 3.8) is 0 Å². The summed E-state index contributed by atoms with van der Waals surface area (Å²) in [6, 6.07) is 0. The van der Waals surface area contributed by atoms with Crippen molar-refractivity contribution < 1.29 is 19.3 Å². The van der Waals surface area contributed by atoms with Gasteiger partial charge >= 0.3 is 0 Å². The second-order valence-corrected chi connectivity index (χ2v) is 4.65. The highest BCUT2D eigenvalue weighted by atomic mass is 16.5. The van der Waals surface area contributed by atoms with E-state index in [0.717, 1.165) is 0 Å². The molecule has 0 saturated carbocycles. The third-order valence-electron chi connectivity index (χ3n) is 2.97. The van der Waals surface area contributed by atoms with E-state index in [1.54, 1.807) is 18.2 Å². The van der Waals surface area contributed by atoms with E-state index in [1.807, 2.05) is 0 Å². The number of hydrogen-bond acceptors (Lipinski definition) is 4. The van der Waals surface area contributed by atoms with Gasteiger partial charge in [0.2, 0.25) is 0 Å². The topological polar surface area (TPSA) is 47.9 Å². The van der Waals surface area contributed by atoms with E-state index in [1.165, 1.54) is 0 Å². The first-order valence-electron chi connectivity index (χ1n) is 6.84. The van der Waals surface area contributed by atoms with Crippen LogP contribution in [0.3, 0.4) is 0 Å². The Morgan fingerprint density at radius 2 is 1.57 bits per heavy atom. The molecule has 0 rings (SSSR count). The maximum atomic E-state index is 9.89. The van der Waals surface area contributed by atoms with Crippen molar-refractivity contribution in [2.24, 2.45) is 5.41 Å². The first-order valence-corrected chi connectivity index (χ1v) is 6.84. The monoisotopic (exact) mass is 294 g/mol. The first kappa shape index (κ1) is 19.6. The van der Waals surface area contributed by atoms with Gasteiger partial charge in [-0.25, -0.2) is 0 Å². The summed E-state index contributed by atoms with van der Waals surface area (Å²) in [4.78, 5) is 0.